The van der Waals surface area contributed by atoms with E-state index in [-0.39, 0.29) is 20.1 Å². The van der Waals surface area contributed by atoms with Crippen molar-refractivity contribution in [3.8, 4) is 22.6 Å². The third kappa shape index (κ3) is 4.88. The maximum Gasteiger partial charge on any atom is 0.0779 e. The molecule has 4 heteroatoms. The first-order valence-electron chi connectivity index (χ1n) is 10.7. The van der Waals surface area contributed by atoms with Gasteiger partial charge in [-0.15, -0.1) is 71.8 Å². The molecule has 1 radical (unpaired) electrons. The van der Waals surface area contributed by atoms with Gasteiger partial charge < -0.3 is 9.55 Å². The molecule has 0 unspecified atom stereocenters. The molecule has 3 aromatic carbocycles. The summed E-state index contributed by atoms with van der Waals surface area (Å²) < 4.78 is 2.27. The van der Waals surface area contributed by atoms with Crippen LogP contribution in [0.25, 0.3) is 39.8 Å². The van der Waals surface area contributed by atoms with Gasteiger partial charge in [0.05, 0.1) is 16.9 Å². The van der Waals surface area contributed by atoms with E-state index in [0.29, 0.717) is 0 Å². The van der Waals surface area contributed by atoms with Gasteiger partial charge in [0.2, 0.25) is 0 Å². The molecule has 5 aromatic rings. The number of hydrogen-bond acceptors (Lipinski definition) is 2. The van der Waals surface area contributed by atoms with Crippen LogP contribution in [0.3, 0.4) is 0 Å². The second-order valence-corrected chi connectivity index (χ2v) is 7.89. The van der Waals surface area contributed by atoms with E-state index in [4.69, 9.17) is 4.98 Å². The van der Waals surface area contributed by atoms with Crippen LogP contribution in [-0.2, 0) is 26.7 Å². The molecule has 0 N–H and O–H groups in total. The van der Waals surface area contributed by atoms with Gasteiger partial charge in [0.25, 0.3) is 0 Å². The third-order valence-electron chi connectivity index (χ3n) is 5.42. The Bertz CT molecular complexity index is 1400. The van der Waals surface area contributed by atoms with Crippen LogP contribution in [-0.4, -0.2) is 14.5 Å². The first kappa shape index (κ1) is 22.8. The van der Waals surface area contributed by atoms with Gasteiger partial charge in [-0.25, -0.2) is 0 Å². The minimum atomic E-state index is 0. The van der Waals surface area contributed by atoms with Gasteiger partial charge >= 0.3 is 0 Å². The molecule has 165 valence electrons. The molecule has 6 rings (SSSR count). The molecular weight excluding hydrogens is 583 g/mol. The number of imidazole rings is 1. The number of nitrogens with zero attached hydrogens (tertiary/aromatic N) is 3. The maximum absolute atomic E-state index is 4.81. The van der Waals surface area contributed by atoms with E-state index in [9.17, 15) is 0 Å². The Kier molecular flexibility index (Phi) is 6.98. The molecule has 2 aromatic heterocycles. The van der Waals surface area contributed by atoms with Crippen LogP contribution in [0.15, 0.2) is 84.9 Å². The summed E-state index contributed by atoms with van der Waals surface area (Å²) in [6.45, 7) is 4.99. The van der Waals surface area contributed by atoms with Crippen molar-refractivity contribution < 1.29 is 20.1 Å². The third-order valence-corrected chi connectivity index (χ3v) is 5.42. The van der Waals surface area contributed by atoms with E-state index in [1.165, 1.54) is 16.6 Å². The minimum Gasteiger partial charge on any atom is -0.360 e. The maximum atomic E-state index is 4.81. The zero-order valence-electron chi connectivity index (χ0n) is 18.5. The fraction of sp³-hybridized carbons (Fsp3) is 0.103. The molecule has 1 aliphatic heterocycles. The molecule has 0 amide bonds. The van der Waals surface area contributed by atoms with Crippen LogP contribution >= 0.6 is 0 Å². The molecule has 0 saturated carbocycles. The molecule has 1 aliphatic rings. The minimum absolute atomic E-state index is 0. The summed E-state index contributed by atoms with van der Waals surface area (Å²) in [6, 6.07) is 32.7. The van der Waals surface area contributed by atoms with Crippen molar-refractivity contribution in [1.29, 1.82) is 0 Å². The van der Waals surface area contributed by atoms with Crippen LogP contribution in [0.5, 0.6) is 0 Å². The van der Waals surface area contributed by atoms with Crippen molar-refractivity contribution in [3.63, 3.8) is 0 Å². The molecule has 0 aliphatic carbocycles. The van der Waals surface area contributed by atoms with Gasteiger partial charge in [0, 0.05) is 32.3 Å². The molecule has 0 spiro atoms. The van der Waals surface area contributed by atoms with E-state index >= 15 is 0 Å². The number of hydrogen-bond donors (Lipinski definition) is 0. The smallest absolute Gasteiger partial charge is 0.0779 e. The second-order valence-electron chi connectivity index (χ2n) is 7.89. The number of aromatic nitrogens is 3. The molecule has 0 fully saturated rings. The number of rotatable bonds is 2. The van der Waals surface area contributed by atoms with Crippen LogP contribution < -0.4 is 0 Å². The predicted molar refractivity (Wildman–Crippen MR) is 131 cm³/mol. The monoisotopic (exact) mass is 606 g/mol. The van der Waals surface area contributed by atoms with Gasteiger partial charge in [-0.1, -0.05) is 24.3 Å². The Balaban J connectivity index is 0.000000164. The molecule has 33 heavy (non-hydrogen) atoms. The summed E-state index contributed by atoms with van der Waals surface area (Å²) in [5.74, 6) is 1.01. The zero-order valence-corrected chi connectivity index (χ0v) is 20.9. The molecule has 3 heterocycles. The first-order valence-corrected chi connectivity index (χ1v) is 10.7. The normalized spacial score (nSPS) is 11.5. The van der Waals surface area contributed by atoms with Crippen molar-refractivity contribution in [2.24, 2.45) is 0 Å². The van der Waals surface area contributed by atoms with Crippen molar-refractivity contribution in [2.75, 3.05) is 0 Å². The number of allylic oxidation sites excluding steroid dienone is 1. The Labute approximate surface area is 208 Å². The number of aryl methyl sites for hydroxylation is 2. The molecule has 0 saturated heterocycles. The summed E-state index contributed by atoms with van der Waals surface area (Å²) in [5, 5.41) is 0. The van der Waals surface area contributed by atoms with E-state index < -0.39 is 0 Å². The molecule has 0 atom stereocenters. The van der Waals surface area contributed by atoms with Crippen LogP contribution in [0.1, 0.15) is 16.8 Å². The Hall–Kier alpha value is -3.33. The van der Waals surface area contributed by atoms with E-state index in [0.717, 1.165) is 40.4 Å². The largest absolute Gasteiger partial charge is 0.360 e. The van der Waals surface area contributed by atoms with Gasteiger partial charge in [-0.2, -0.15) is 0 Å². The van der Waals surface area contributed by atoms with Gasteiger partial charge in [0.15, 0.2) is 0 Å². The van der Waals surface area contributed by atoms with Crippen molar-refractivity contribution in [3.05, 3.63) is 114 Å². The zero-order chi connectivity index (χ0) is 21.9. The number of benzene rings is 3. The van der Waals surface area contributed by atoms with Crippen LogP contribution in [0.4, 0.5) is 0 Å². The summed E-state index contributed by atoms with van der Waals surface area (Å²) in [4.78, 5) is 9.22. The topological polar surface area (TPSA) is 30.7 Å². The van der Waals surface area contributed by atoms with E-state index in [2.05, 4.69) is 59.0 Å². The standard InChI is InChI=1S/C17H13N2.C12H10N.Ir/c1-12-10-14-8-5-9-19-16(14)15(11-12)18-17(19)13-6-3-2-4-7-13;1-10-6-5-9-12(13-10)11-7-3-2-4-8-11;/h2-6,8,10-11H,9H2,1H3;2-7,9H,1H3;/q2*-1;. The van der Waals surface area contributed by atoms with Gasteiger partial charge in [-0.05, 0) is 48.9 Å². The van der Waals surface area contributed by atoms with Crippen LogP contribution in [0, 0.1) is 26.0 Å². The fourth-order valence-electron chi connectivity index (χ4n) is 4.02. The Morgan fingerprint density at radius 2 is 1.58 bits per heavy atom. The van der Waals surface area contributed by atoms with Crippen molar-refractivity contribution in [1.82, 2.24) is 14.5 Å². The number of pyridine rings is 1. The second kappa shape index (κ2) is 10.1. The van der Waals surface area contributed by atoms with Crippen molar-refractivity contribution in [2.45, 2.75) is 20.4 Å². The Morgan fingerprint density at radius 1 is 0.818 bits per heavy atom. The summed E-state index contributed by atoms with van der Waals surface area (Å²) >= 11 is 0. The fourth-order valence-corrected chi connectivity index (χ4v) is 4.02. The first-order chi connectivity index (χ1) is 15.7. The SMILES string of the molecule is Cc1cc2c3c(c1)nc(-c1[c-]cccc1)n3CC=C2.Cc1cccc(-c2[c-]cccc2)n1.[Ir]. The summed E-state index contributed by atoms with van der Waals surface area (Å²) in [6.07, 6.45) is 4.38. The predicted octanol–water partition coefficient (Wildman–Crippen LogP) is 6.69. The van der Waals surface area contributed by atoms with E-state index in [1.807, 2.05) is 67.6 Å². The average molecular weight is 606 g/mol. The average Bonchev–Trinajstić information content (AvgIpc) is 3.20. The van der Waals surface area contributed by atoms with Gasteiger partial charge in [0.1, 0.15) is 0 Å². The molecular formula is C29H23IrN3-2. The van der Waals surface area contributed by atoms with Gasteiger partial charge in [-0.3, -0.25) is 4.98 Å². The quantitative estimate of drug-likeness (QED) is 0.210. The van der Waals surface area contributed by atoms with Crippen LogP contribution in [0.2, 0.25) is 0 Å². The summed E-state index contributed by atoms with van der Waals surface area (Å²) in [7, 11) is 0. The summed E-state index contributed by atoms with van der Waals surface area (Å²) in [5.41, 5.74) is 8.95. The Morgan fingerprint density at radius 3 is 2.27 bits per heavy atom. The molecule has 0 bridgehead atoms. The van der Waals surface area contributed by atoms with Crippen molar-refractivity contribution >= 4 is 17.1 Å². The van der Waals surface area contributed by atoms with E-state index in [1.54, 1.807) is 0 Å². The molecule has 3 nitrogen and oxygen atoms in total.